The van der Waals surface area contributed by atoms with Gasteiger partial charge in [-0.25, -0.2) is 4.98 Å². The zero-order chi connectivity index (χ0) is 17.8. The Morgan fingerprint density at radius 2 is 1.88 bits per heavy atom. The number of fused-ring (bicyclic) bond motifs is 1. The number of anilines is 1. The number of ether oxygens (including phenoxy) is 2. The first-order chi connectivity index (χ1) is 12.8. The predicted molar refractivity (Wildman–Crippen MR) is 98.4 cm³/mol. The molecule has 0 unspecified atom stereocenters. The van der Waals surface area contributed by atoms with Crippen molar-refractivity contribution in [2.24, 2.45) is 0 Å². The molecule has 0 bridgehead atoms. The second-order valence-electron chi connectivity index (χ2n) is 6.71. The summed E-state index contributed by atoms with van der Waals surface area (Å²) < 4.78 is 10.6. The van der Waals surface area contributed by atoms with E-state index in [1.54, 1.807) is 0 Å². The highest BCUT2D eigenvalue weighted by Gasteiger charge is 2.15. The normalized spacial score (nSPS) is 15.8. The Bertz CT molecular complexity index is 788. The number of hydrogen-bond donors (Lipinski definition) is 1. The van der Waals surface area contributed by atoms with Gasteiger partial charge in [-0.2, -0.15) is 0 Å². The van der Waals surface area contributed by atoms with Crippen LogP contribution < -0.4 is 19.7 Å². The molecule has 0 atom stereocenters. The molecule has 1 aromatic carbocycles. The summed E-state index contributed by atoms with van der Waals surface area (Å²) in [5.74, 6) is 2.43. The van der Waals surface area contributed by atoms with E-state index < -0.39 is 0 Å². The molecule has 1 aromatic heterocycles. The molecule has 6 heteroatoms. The largest absolute Gasteiger partial charge is 0.454 e. The van der Waals surface area contributed by atoms with Crippen LogP contribution in [0.2, 0.25) is 0 Å². The minimum Gasteiger partial charge on any atom is -0.454 e. The molecule has 3 heterocycles. The van der Waals surface area contributed by atoms with Gasteiger partial charge in [-0.15, -0.1) is 0 Å². The second kappa shape index (κ2) is 7.64. The van der Waals surface area contributed by atoms with E-state index in [1.807, 2.05) is 30.5 Å². The standard InChI is InChI=1S/C20H23N3O3/c24-20(12-15-4-5-17-18(10-15)26-14-25-17)22-13-16-6-7-21-19(11-16)23-8-2-1-3-9-23/h4-7,10-11H,1-3,8-9,12-14H2,(H,22,24). The summed E-state index contributed by atoms with van der Waals surface area (Å²) in [5, 5.41) is 2.99. The van der Waals surface area contributed by atoms with Gasteiger partial charge in [0.1, 0.15) is 5.82 Å². The van der Waals surface area contributed by atoms with Gasteiger partial charge in [0.15, 0.2) is 11.5 Å². The Labute approximate surface area is 153 Å². The average Bonchev–Trinajstić information content (AvgIpc) is 3.15. The number of aromatic nitrogens is 1. The van der Waals surface area contributed by atoms with E-state index in [0.29, 0.717) is 18.7 Å². The maximum Gasteiger partial charge on any atom is 0.231 e. The maximum absolute atomic E-state index is 12.3. The summed E-state index contributed by atoms with van der Waals surface area (Å²) in [6.45, 7) is 2.87. The van der Waals surface area contributed by atoms with Crippen LogP contribution in [0.3, 0.4) is 0 Å². The number of nitrogens with zero attached hydrogens (tertiary/aromatic N) is 2. The zero-order valence-electron chi connectivity index (χ0n) is 14.7. The van der Waals surface area contributed by atoms with Gasteiger partial charge in [0, 0.05) is 25.8 Å². The lowest BCUT2D eigenvalue weighted by Crippen LogP contribution is -2.30. The van der Waals surface area contributed by atoms with Crippen molar-refractivity contribution >= 4 is 11.7 Å². The molecule has 0 aliphatic carbocycles. The van der Waals surface area contributed by atoms with Crippen molar-refractivity contribution in [1.82, 2.24) is 10.3 Å². The van der Waals surface area contributed by atoms with Gasteiger partial charge in [0.2, 0.25) is 12.7 Å². The summed E-state index contributed by atoms with van der Waals surface area (Å²) in [4.78, 5) is 19.1. The highest BCUT2D eigenvalue weighted by molar-refractivity contribution is 5.78. The minimum atomic E-state index is -0.0137. The summed E-state index contributed by atoms with van der Waals surface area (Å²) >= 11 is 0. The molecule has 1 fully saturated rings. The number of nitrogens with one attached hydrogen (secondary N) is 1. The van der Waals surface area contributed by atoms with E-state index >= 15 is 0 Å². The van der Waals surface area contributed by atoms with E-state index in [4.69, 9.17) is 9.47 Å². The van der Waals surface area contributed by atoms with E-state index in [-0.39, 0.29) is 12.7 Å². The van der Waals surface area contributed by atoms with Crippen molar-refractivity contribution in [1.29, 1.82) is 0 Å². The van der Waals surface area contributed by atoms with Crippen molar-refractivity contribution in [2.45, 2.75) is 32.2 Å². The third kappa shape index (κ3) is 3.90. The first-order valence-corrected chi connectivity index (χ1v) is 9.13. The Morgan fingerprint density at radius 1 is 1.04 bits per heavy atom. The van der Waals surface area contributed by atoms with Crippen molar-refractivity contribution in [3.63, 3.8) is 0 Å². The van der Waals surface area contributed by atoms with Gasteiger partial charge in [-0.1, -0.05) is 6.07 Å². The summed E-state index contributed by atoms with van der Waals surface area (Å²) in [7, 11) is 0. The number of carbonyl (C=O) groups is 1. The number of piperidine rings is 1. The maximum atomic E-state index is 12.3. The molecule has 6 nitrogen and oxygen atoms in total. The number of amides is 1. The summed E-state index contributed by atoms with van der Waals surface area (Å²) in [6, 6.07) is 9.63. The monoisotopic (exact) mass is 353 g/mol. The third-order valence-electron chi connectivity index (χ3n) is 4.78. The molecule has 0 saturated carbocycles. The van der Waals surface area contributed by atoms with Gasteiger partial charge in [0.25, 0.3) is 0 Å². The van der Waals surface area contributed by atoms with Gasteiger partial charge < -0.3 is 19.7 Å². The first-order valence-electron chi connectivity index (χ1n) is 9.13. The SMILES string of the molecule is O=C(Cc1ccc2c(c1)OCO2)NCc1ccnc(N2CCCCC2)c1. The van der Waals surface area contributed by atoms with Crippen LogP contribution in [-0.2, 0) is 17.8 Å². The minimum absolute atomic E-state index is 0.0137. The van der Waals surface area contributed by atoms with E-state index in [2.05, 4.69) is 21.3 Å². The molecule has 26 heavy (non-hydrogen) atoms. The Hall–Kier alpha value is -2.76. The molecule has 1 amide bonds. The Morgan fingerprint density at radius 3 is 2.77 bits per heavy atom. The van der Waals surface area contributed by atoms with Crippen LogP contribution >= 0.6 is 0 Å². The van der Waals surface area contributed by atoms with E-state index in [0.717, 1.165) is 35.8 Å². The smallest absolute Gasteiger partial charge is 0.231 e. The molecule has 136 valence electrons. The van der Waals surface area contributed by atoms with Crippen LogP contribution in [0.25, 0.3) is 0 Å². The molecular formula is C20H23N3O3. The van der Waals surface area contributed by atoms with Crippen LogP contribution in [0, 0.1) is 0 Å². The van der Waals surface area contributed by atoms with Crippen molar-refractivity contribution in [3.8, 4) is 11.5 Å². The van der Waals surface area contributed by atoms with Gasteiger partial charge >= 0.3 is 0 Å². The van der Waals surface area contributed by atoms with Gasteiger partial charge in [-0.05, 0) is 54.7 Å². The highest BCUT2D eigenvalue weighted by Crippen LogP contribution is 2.32. The zero-order valence-corrected chi connectivity index (χ0v) is 14.7. The van der Waals surface area contributed by atoms with Crippen LogP contribution in [0.4, 0.5) is 5.82 Å². The average molecular weight is 353 g/mol. The highest BCUT2D eigenvalue weighted by atomic mass is 16.7. The molecule has 2 aromatic rings. The van der Waals surface area contributed by atoms with E-state index in [9.17, 15) is 4.79 Å². The van der Waals surface area contributed by atoms with Crippen molar-refractivity contribution < 1.29 is 14.3 Å². The lowest BCUT2D eigenvalue weighted by molar-refractivity contribution is -0.120. The number of rotatable bonds is 5. The fraction of sp³-hybridized carbons (Fsp3) is 0.400. The quantitative estimate of drug-likeness (QED) is 0.895. The van der Waals surface area contributed by atoms with Crippen LogP contribution in [-0.4, -0.2) is 30.8 Å². The molecular weight excluding hydrogens is 330 g/mol. The first kappa shape index (κ1) is 16.7. The van der Waals surface area contributed by atoms with Crippen molar-refractivity contribution in [2.75, 3.05) is 24.8 Å². The second-order valence-corrected chi connectivity index (χ2v) is 6.71. The van der Waals surface area contributed by atoms with Crippen LogP contribution in [0.15, 0.2) is 36.5 Å². The summed E-state index contributed by atoms with van der Waals surface area (Å²) in [5.41, 5.74) is 1.98. The lowest BCUT2D eigenvalue weighted by atomic mass is 10.1. The van der Waals surface area contributed by atoms with Gasteiger partial charge in [-0.3, -0.25) is 4.79 Å². The van der Waals surface area contributed by atoms with Crippen molar-refractivity contribution in [3.05, 3.63) is 47.7 Å². The van der Waals surface area contributed by atoms with Crippen LogP contribution in [0.1, 0.15) is 30.4 Å². The van der Waals surface area contributed by atoms with Crippen LogP contribution in [0.5, 0.6) is 11.5 Å². The number of carbonyl (C=O) groups excluding carboxylic acids is 1. The molecule has 2 aliphatic rings. The number of pyridine rings is 1. The fourth-order valence-electron chi connectivity index (χ4n) is 3.37. The fourth-order valence-corrected chi connectivity index (χ4v) is 3.37. The summed E-state index contributed by atoms with van der Waals surface area (Å²) in [6.07, 6.45) is 5.88. The Kier molecular flexibility index (Phi) is 4.91. The molecule has 0 radical (unpaired) electrons. The third-order valence-corrected chi connectivity index (χ3v) is 4.78. The molecule has 0 spiro atoms. The molecule has 1 saturated heterocycles. The molecule has 1 N–H and O–H groups in total. The molecule has 2 aliphatic heterocycles. The molecule has 4 rings (SSSR count). The van der Waals surface area contributed by atoms with E-state index in [1.165, 1.54) is 19.3 Å². The lowest BCUT2D eigenvalue weighted by Gasteiger charge is -2.27. The topological polar surface area (TPSA) is 63.7 Å². The Balaban J connectivity index is 1.32. The number of hydrogen-bond acceptors (Lipinski definition) is 5. The predicted octanol–water partition coefficient (Wildman–Crippen LogP) is 2.66. The number of benzene rings is 1. The van der Waals surface area contributed by atoms with Gasteiger partial charge in [0.05, 0.1) is 6.42 Å².